The summed E-state index contributed by atoms with van der Waals surface area (Å²) in [5.41, 5.74) is 12.1. The highest BCUT2D eigenvalue weighted by Gasteiger charge is 2.30. The first-order valence-electron chi connectivity index (χ1n) is 11.2. The summed E-state index contributed by atoms with van der Waals surface area (Å²) in [7, 11) is 0. The Kier molecular flexibility index (Phi) is 4.40. The molecule has 2 aromatic carbocycles. The van der Waals surface area contributed by atoms with Crippen LogP contribution in [0.2, 0.25) is 0 Å². The number of carbonyl (C=O) groups excluding carboxylic acids is 1. The van der Waals surface area contributed by atoms with Crippen molar-refractivity contribution in [2.45, 2.75) is 25.7 Å². The average Bonchev–Trinajstić information content (AvgIpc) is 3.60. The van der Waals surface area contributed by atoms with Gasteiger partial charge in [-0.1, -0.05) is 18.2 Å². The second-order valence-corrected chi connectivity index (χ2v) is 8.67. The third-order valence-electron chi connectivity index (χ3n) is 6.57. The Hall–Kier alpha value is -3.45. The number of hydrogen-bond donors (Lipinski definition) is 1. The molecule has 0 atom stereocenters. The number of para-hydroxylation sites is 1. The van der Waals surface area contributed by atoms with Gasteiger partial charge in [0.2, 0.25) is 0 Å². The van der Waals surface area contributed by atoms with Crippen LogP contribution in [0.1, 0.15) is 40.5 Å². The molecule has 0 unspecified atom stereocenters. The number of anilines is 1. The van der Waals surface area contributed by atoms with E-state index in [0.717, 1.165) is 46.7 Å². The summed E-state index contributed by atoms with van der Waals surface area (Å²) < 4.78 is 7.72. The molecule has 0 bridgehead atoms. The fourth-order valence-corrected chi connectivity index (χ4v) is 4.84. The van der Waals surface area contributed by atoms with Crippen LogP contribution in [0.5, 0.6) is 0 Å². The van der Waals surface area contributed by atoms with Crippen LogP contribution in [0.15, 0.2) is 42.6 Å². The summed E-state index contributed by atoms with van der Waals surface area (Å²) in [4.78, 5) is 24.2. The van der Waals surface area contributed by atoms with Gasteiger partial charge in [0.1, 0.15) is 11.3 Å². The third kappa shape index (κ3) is 3.04. The number of carbonyl (C=O) groups is 1. The molecule has 3 heterocycles. The Morgan fingerprint density at radius 3 is 2.69 bits per heavy atom. The Labute approximate surface area is 185 Å². The number of rotatable bonds is 4. The fraction of sp³-hybridized carbons (Fsp3) is 0.320. The lowest BCUT2D eigenvalue weighted by Crippen LogP contribution is -2.36. The topological polar surface area (TPSA) is 86.3 Å². The molecule has 1 aliphatic carbocycles. The van der Waals surface area contributed by atoms with Crippen molar-refractivity contribution in [1.29, 1.82) is 0 Å². The first-order chi connectivity index (χ1) is 15.6. The van der Waals surface area contributed by atoms with Crippen molar-refractivity contribution in [3.63, 3.8) is 0 Å². The minimum Gasteiger partial charge on any atom is -0.378 e. The highest BCUT2D eigenvalue weighted by atomic mass is 16.5. The van der Waals surface area contributed by atoms with Crippen LogP contribution >= 0.6 is 0 Å². The smallest absolute Gasteiger partial charge is 0.251 e. The van der Waals surface area contributed by atoms with E-state index in [1.165, 1.54) is 18.4 Å². The molecule has 2 aromatic heterocycles. The zero-order valence-electron chi connectivity index (χ0n) is 18.0. The molecule has 1 saturated carbocycles. The lowest BCUT2D eigenvalue weighted by molar-refractivity contribution is 0.100. The molecular formula is C25H25N5O2. The van der Waals surface area contributed by atoms with Crippen LogP contribution in [-0.2, 0) is 4.74 Å². The second-order valence-electron chi connectivity index (χ2n) is 8.67. The minimum atomic E-state index is -0.461. The number of pyridine rings is 1. The molecule has 0 spiro atoms. The van der Waals surface area contributed by atoms with Crippen LogP contribution in [-0.4, -0.2) is 46.7 Å². The number of hydrogen-bond acceptors (Lipinski definition) is 5. The van der Waals surface area contributed by atoms with Crippen molar-refractivity contribution >= 4 is 33.5 Å². The highest BCUT2D eigenvalue weighted by molar-refractivity contribution is 6.06. The maximum Gasteiger partial charge on any atom is 0.251 e. The number of nitrogens with two attached hydrogens (primary N) is 1. The van der Waals surface area contributed by atoms with Gasteiger partial charge in [0, 0.05) is 30.4 Å². The molecule has 6 rings (SSSR count). The number of aromatic nitrogens is 3. The van der Waals surface area contributed by atoms with E-state index in [2.05, 4.69) is 21.6 Å². The molecule has 32 heavy (non-hydrogen) atoms. The first-order valence-corrected chi connectivity index (χ1v) is 11.2. The number of morpholine rings is 1. The third-order valence-corrected chi connectivity index (χ3v) is 6.57. The molecule has 7 heteroatoms. The van der Waals surface area contributed by atoms with Crippen LogP contribution in [0.3, 0.4) is 0 Å². The van der Waals surface area contributed by atoms with E-state index in [1.54, 1.807) is 0 Å². The Morgan fingerprint density at radius 2 is 1.94 bits per heavy atom. The maximum atomic E-state index is 12.4. The lowest BCUT2D eigenvalue weighted by Gasteiger charge is -2.29. The number of amides is 1. The van der Waals surface area contributed by atoms with E-state index in [9.17, 15) is 4.79 Å². The van der Waals surface area contributed by atoms with E-state index in [4.69, 9.17) is 20.4 Å². The van der Waals surface area contributed by atoms with Gasteiger partial charge in [-0.15, -0.1) is 0 Å². The first kappa shape index (κ1) is 19.3. The molecule has 1 amide bonds. The summed E-state index contributed by atoms with van der Waals surface area (Å²) in [6.45, 7) is 4.89. The van der Waals surface area contributed by atoms with E-state index in [0.29, 0.717) is 30.2 Å². The van der Waals surface area contributed by atoms with Crippen LogP contribution < -0.4 is 10.6 Å². The molecule has 2 fully saturated rings. The fourth-order valence-electron chi connectivity index (χ4n) is 4.84. The van der Waals surface area contributed by atoms with Crippen molar-refractivity contribution in [3.05, 3.63) is 59.5 Å². The van der Waals surface area contributed by atoms with Crippen LogP contribution in [0.4, 0.5) is 5.69 Å². The zero-order valence-corrected chi connectivity index (χ0v) is 18.0. The van der Waals surface area contributed by atoms with Crippen LogP contribution in [0.25, 0.3) is 27.6 Å². The van der Waals surface area contributed by atoms with Gasteiger partial charge in [-0.25, -0.2) is 4.98 Å². The monoisotopic (exact) mass is 427 g/mol. The number of ether oxygens (including phenoxy) is 1. The normalized spacial score (nSPS) is 16.7. The van der Waals surface area contributed by atoms with Gasteiger partial charge in [0.15, 0.2) is 0 Å². The van der Waals surface area contributed by atoms with Gasteiger partial charge in [0.25, 0.3) is 5.91 Å². The molecule has 162 valence electrons. The molecule has 2 N–H and O–H groups in total. The van der Waals surface area contributed by atoms with Gasteiger partial charge in [-0.2, -0.15) is 0 Å². The number of imidazole rings is 1. The number of benzene rings is 2. The predicted octanol–water partition coefficient (Wildman–Crippen LogP) is 3.70. The van der Waals surface area contributed by atoms with Gasteiger partial charge in [0.05, 0.1) is 35.5 Å². The lowest BCUT2D eigenvalue weighted by atomic mass is 10.0. The molecule has 4 aromatic rings. The second kappa shape index (κ2) is 7.31. The number of primary amides is 1. The van der Waals surface area contributed by atoms with Crippen molar-refractivity contribution in [2.24, 2.45) is 5.73 Å². The van der Waals surface area contributed by atoms with Gasteiger partial charge in [-0.3, -0.25) is 14.3 Å². The molecule has 7 nitrogen and oxygen atoms in total. The average molecular weight is 428 g/mol. The molecule has 0 radical (unpaired) electrons. The number of fused-ring (bicyclic) bond motifs is 2. The van der Waals surface area contributed by atoms with E-state index in [-0.39, 0.29) is 0 Å². The van der Waals surface area contributed by atoms with Crippen molar-refractivity contribution in [2.75, 3.05) is 31.2 Å². The van der Waals surface area contributed by atoms with Gasteiger partial charge < -0.3 is 15.4 Å². The van der Waals surface area contributed by atoms with E-state index < -0.39 is 5.91 Å². The zero-order chi connectivity index (χ0) is 21.8. The summed E-state index contributed by atoms with van der Waals surface area (Å²) in [6.07, 6.45) is 4.36. The number of aryl methyl sites for hydroxylation is 1. The summed E-state index contributed by atoms with van der Waals surface area (Å²) in [5, 5.41) is 1.09. The summed E-state index contributed by atoms with van der Waals surface area (Å²) >= 11 is 0. The largest absolute Gasteiger partial charge is 0.378 e. The Balaban J connectivity index is 1.67. The van der Waals surface area contributed by atoms with Crippen molar-refractivity contribution < 1.29 is 9.53 Å². The minimum absolute atomic E-state index is 0.456. The van der Waals surface area contributed by atoms with Crippen LogP contribution in [0, 0.1) is 6.92 Å². The molecule has 1 aliphatic heterocycles. The molecular weight excluding hydrogens is 402 g/mol. The van der Waals surface area contributed by atoms with Gasteiger partial charge in [-0.05, 0) is 49.4 Å². The predicted molar refractivity (Wildman–Crippen MR) is 125 cm³/mol. The summed E-state index contributed by atoms with van der Waals surface area (Å²) in [6, 6.07) is 12.2. The maximum absolute atomic E-state index is 12.4. The quantitative estimate of drug-likeness (QED) is 0.537. The van der Waals surface area contributed by atoms with E-state index >= 15 is 0 Å². The summed E-state index contributed by atoms with van der Waals surface area (Å²) in [5.74, 6) is 0.883. The standard InChI is InChI=1S/C25H25N5O2/c1-15-28-23-19(25(26)31)12-17(29-8-10-32-11-9-29)13-22(23)30(15)24-18-4-2-3-5-21(18)27-14-20(24)16-6-7-16/h2-5,12-14,16H,6-11H2,1H3,(H2,26,31). The number of nitrogens with zero attached hydrogens (tertiary/aromatic N) is 4. The molecule has 1 saturated heterocycles. The molecule has 2 aliphatic rings. The highest BCUT2D eigenvalue weighted by Crippen LogP contribution is 2.45. The van der Waals surface area contributed by atoms with Crippen molar-refractivity contribution in [3.8, 4) is 5.69 Å². The SMILES string of the molecule is Cc1nc2c(C(N)=O)cc(N3CCOCC3)cc2n1-c1c(C2CC2)cnc2ccccc12. The van der Waals surface area contributed by atoms with Crippen molar-refractivity contribution in [1.82, 2.24) is 14.5 Å². The Morgan fingerprint density at radius 1 is 1.16 bits per heavy atom. The Bertz CT molecular complexity index is 1370. The van der Waals surface area contributed by atoms with Gasteiger partial charge >= 0.3 is 0 Å². The van der Waals surface area contributed by atoms with E-state index in [1.807, 2.05) is 37.4 Å².